The van der Waals surface area contributed by atoms with Crippen molar-refractivity contribution < 1.29 is 28.7 Å². The third-order valence-electron chi connectivity index (χ3n) is 8.36. The molecule has 2 unspecified atom stereocenters. The molecule has 0 aromatic heterocycles. The van der Waals surface area contributed by atoms with Crippen LogP contribution in [0.1, 0.15) is 106 Å². The molecule has 40 heavy (non-hydrogen) atoms. The van der Waals surface area contributed by atoms with Crippen LogP contribution in [0.25, 0.3) is 0 Å². The first-order valence-electron chi connectivity index (χ1n) is 14.5. The van der Waals surface area contributed by atoms with E-state index in [9.17, 15) is 19.2 Å². The van der Waals surface area contributed by atoms with Gasteiger partial charge in [0.05, 0.1) is 13.2 Å². The molecule has 0 heterocycles. The maximum Gasteiger partial charge on any atom is 0.379 e. The molecule has 0 bridgehead atoms. The first-order valence-corrected chi connectivity index (χ1v) is 14.5. The van der Waals surface area contributed by atoms with Crippen LogP contribution in [0.4, 0.5) is 0 Å². The quantitative estimate of drug-likeness (QED) is 0.131. The Morgan fingerprint density at radius 1 is 0.575 bits per heavy atom. The van der Waals surface area contributed by atoms with Gasteiger partial charge in [0.1, 0.15) is 0 Å². The predicted octanol–water partition coefficient (Wildman–Crippen LogP) is 7.30. The number of rotatable bonds is 15. The third kappa shape index (κ3) is 8.36. The molecule has 2 aromatic carbocycles. The van der Waals surface area contributed by atoms with Gasteiger partial charge >= 0.3 is 11.9 Å². The van der Waals surface area contributed by atoms with Crippen molar-refractivity contribution in [1.29, 1.82) is 0 Å². The number of carbonyl (C=O) groups excluding carboxylic acids is 4. The second-order valence-electron chi connectivity index (χ2n) is 11.0. The second-order valence-corrected chi connectivity index (χ2v) is 11.0. The summed E-state index contributed by atoms with van der Waals surface area (Å²) in [7, 11) is 0. The number of hydrogen-bond acceptors (Lipinski definition) is 6. The average molecular weight is 551 g/mol. The lowest BCUT2D eigenvalue weighted by molar-refractivity contribution is -0.144. The molecule has 218 valence electrons. The zero-order valence-corrected chi connectivity index (χ0v) is 25.6. The lowest BCUT2D eigenvalue weighted by Crippen LogP contribution is -2.30. The molecule has 0 aliphatic heterocycles. The lowest BCUT2D eigenvalue weighted by atomic mass is 9.85. The Bertz CT molecular complexity index is 1130. The van der Waals surface area contributed by atoms with Crippen molar-refractivity contribution in [2.24, 2.45) is 11.8 Å². The number of unbranched alkanes of at least 4 members (excludes halogenated alkanes) is 2. The monoisotopic (exact) mass is 550 g/mol. The van der Waals surface area contributed by atoms with Crippen molar-refractivity contribution in [2.75, 3.05) is 13.2 Å². The van der Waals surface area contributed by atoms with Crippen molar-refractivity contribution >= 4 is 23.5 Å². The zero-order chi connectivity index (χ0) is 30.0. The van der Waals surface area contributed by atoms with Gasteiger partial charge in [-0.25, -0.2) is 9.59 Å². The van der Waals surface area contributed by atoms with Crippen LogP contribution in [0.2, 0.25) is 0 Å². The van der Waals surface area contributed by atoms with Crippen molar-refractivity contribution in [3.8, 4) is 0 Å². The smallest absolute Gasteiger partial charge is 0.379 e. The van der Waals surface area contributed by atoms with Gasteiger partial charge in [0.15, 0.2) is 0 Å². The Hall–Kier alpha value is -3.28. The number of ketones is 2. The maximum atomic E-state index is 12.9. The van der Waals surface area contributed by atoms with E-state index in [4.69, 9.17) is 9.47 Å². The number of Topliss-reactive ketones (excluding diaryl/α,β-unsaturated/α-hetero) is 2. The van der Waals surface area contributed by atoms with Gasteiger partial charge in [-0.2, -0.15) is 0 Å². The summed E-state index contributed by atoms with van der Waals surface area (Å²) in [6, 6.07) is 7.02. The number of hydrogen-bond donors (Lipinski definition) is 0. The SMILES string of the molecule is CCCCC(COC(=O)C(=O)c1ccc(C)c(C)c1C)C(CCCC)COC(=O)C(=O)c1ccc(C)c(C)c1C. The van der Waals surface area contributed by atoms with Gasteiger partial charge in [-0.1, -0.05) is 63.8 Å². The summed E-state index contributed by atoms with van der Waals surface area (Å²) in [6.45, 7) is 15.8. The molecule has 0 N–H and O–H groups in total. The van der Waals surface area contributed by atoms with Crippen LogP contribution in [0, 0.1) is 53.4 Å². The zero-order valence-electron chi connectivity index (χ0n) is 25.6. The van der Waals surface area contributed by atoms with Crippen LogP contribution in [0.5, 0.6) is 0 Å². The van der Waals surface area contributed by atoms with Crippen molar-refractivity contribution in [3.05, 3.63) is 68.8 Å². The van der Waals surface area contributed by atoms with Gasteiger partial charge < -0.3 is 9.47 Å². The Morgan fingerprint density at radius 3 is 1.25 bits per heavy atom. The molecule has 0 aliphatic rings. The second kappa shape index (κ2) is 15.5. The normalized spacial score (nSPS) is 12.5. The minimum absolute atomic E-state index is 0.0601. The molecule has 2 aromatic rings. The Labute approximate surface area is 239 Å². The van der Waals surface area contributed by atoms with E-state index in [0.29, 0.717) is 11.1 Å². The fourth-order valence-corrected chi connectivity index (χ4v) is 4.96. The Balaban J connectivity index is 2.15. The van der Waals surface area contributed by atoms with Crippen LogP contribution in [-0.4, -0.2) is 36.7 Å². The minimum Gasteiger partial charge on any atom is -0.459 e. The first-order chi connectivity index (χ1) is 18.9. The van der Waals surface area contributed by atoms with Crippen LogP contribution >= 0.6 is 0 Å². The van der Waals surface area contributed by atoms with E-state index in [0.717, 1.165) is 71.9 Å². The molecule has 0 fully saturated rings. The van der Waals surface area contributed by atoms with E-state index in [1.807, 2.05) is 53.7 Å². The summed E-state index contributed by atoms with van der Waals surface area (Å²) < 4.78 is 11.1. The van der Waals surface area contributed by atoms with E-state index >= 15 is 0 Å². The fraction of sp³-hybridized carbons (Fsp3) is 0.529. The molecule has 6 heteroatoms. The lowest BCUT2D eigenvalue weighted by Gasteiger charge is -2.26. The molecule has 2 atom stereocenters. The molecular weight excluding hydrogens is 504 g/mol. The number of carbonyl (C=O) groups is 4. The molecule has 0 amide bonds. The van der Waals surface area contributed by atoms with E-state index in [2.05, 4.69) is 13.8 Å². The summed E-state index contributed by atoms with van der Waals surface area (Å²) in [5.41, 5.74) is 6.34. The molecule has 6 nitrogen and oxygen atoms in total. The summed E-state index contributed by atoms with van der Waals surface area (Å²) in [6.07, 6.45) is 5.24. The van der Waals surface area contributed by atoms with Crippen LogP contribution < -0.4 is 0 Å². The van der Waals surface area contributed by atoms with Crippen LogP contribution in [0.3, 0.4) is 0 Å². The van der Waals surface area contributed by atoms with Crippen LogP contribution in [0.15, 0.2) is 24.3 Å². The highest BCUT2D eigenvalue weighted by Crippen LogP contribution is 2.26. The summed E-state index contributed by atoms with van der Waals surface area (Å²) in [5.74, 6) is -3.26. The van der Waals surface area contributed by atoms with Gasteiger partial charge in [0, 0.05) is 11.1 Å². The molecule has 2 rings (SSSR count). The first kappa shape index (κ1) is 32.9. The average Bonchev–Trinajstić information content (AvgIpc) is 2.94. The third-order valence-corrected chi connectivity index (χ3v) is 8.36. The summed E-state index contributed by atoms with van der Waals surface area (Å²) in [4.78, 5) is 51.4. The highest BCUT2D eigenvalue weighted by Gasteiger charge is 2.28. The van der Waals surface area contributed by atoms with E-state index in [1.54, 1.807) is 12.1 Å². The van der Waals surface area contributed by atoms with Crippen molar-refractivity contribution in [3.63, 3.8) is 0 Å². The molecule has 0 saturated heterocycles. The summed E-state index contributed by atoms with van der Waals surface area (Å²) >= 11 is 0. The van der Waals surface area contributed by atoms with Crippen molar-refractivity contribution in [2.45, 2.75) is 93.9 Å². The number of ether oxygens (including phenoxy) is 2. The topological polar surface area (TPSA) is 86.7 Å². The molecule has 0 aliphatic carbocycles. The van der Waals surface area contributed by atoms with Crippen LogP contribution in [-0.2, 0) is 19.1 Å². The largest absolute Gasteiger partial charge is 0.459 e. The van der Waals surface area contributed by atoms with Crippen molar-refractivity contribution in [1.82, 2.24) is 0 Å². The maximum absolute atomic E-state index is 12.9. The van der Waals surface area contributed by atoms with Gasteiger partial charge in [-0.15, -0.1) is 0 Å². The minimum atomic E-state index is -0.875. The van der Waals surface area contributed by atoms with Gasteiger partial charge in [0.25, 0.3) is 11.6 Å². The molecule has 0 spiro atoms. The molecule has 0 saturated carbocycles. The van der Waals surface area contributed by atoms with Gasteiger partial charge in [0.2, 0.25) is 0 Å². The van der Waals surface area contributed by atoms with Gasteiger partial charge in [-0.05, 0) is 99.6 Å². The number of benzene rings is 2. The predicted molar refractivity (Wildman–Crippen MR) is 158 cm³/mol. The molecular formula is C34H46O6. The Kier molecular flexibility index (Phi) is 12.8. The Morgan fingerprint density at radius 2 is 0.925 bits per heavy atom. The fourth-order valence-electron chi connectivity index (χ4n) is 4.96. The highest BCUT2D eigenvalue weighted by molar-refractivity contribution is 6.41. The van der Waals surface area contributed by atoms with E-state index < -0.39 is 23.5 Å². The van der Waals surface area contributed by atoms with E-state index in [-0.39, 0.29) is 25.0 Å². The molecule has 0 radical (unpaired) electrons. The highest BCUT2D eigenvalue weighted by atomic mass is 16.5. The summed E-state index contributed by atoms with van der Waals surface area (Å²) in [5, 5.41) is 0. The number of esters is 2. The number of aryl methyl sites for hydroxylation is 2. The van der Waals surface area contributed by atoms with Gasteiger partial charge in [-0.3, -0.25) is 9.59 Å². The van der Waals surface area contributed by atoms with E-state index in [1.165, 1.54) is 0 Å². The standard InChI is InChI=1S/C34H46O6/c1-9-11-13-27(19-39-33(37)31(35)29-17-15-21(3)23(5)25(29)7)28(14-12-10-2)20-40-34(38)32(36)30-18-16-22(4)24(6)26(30)8/h15-18,27-28H,9-14,19-20H2,1-8H3.